The number of aryl methyl sites for hydroxylation is 1. The minimum Gasteiger partial charge on any atom is -0.212 e. The van der Waals surface area contributed by atoms with Crippen LogP contribution in [0.25, 0.3) is 0 Å². The summed E-state index contributed by atoms with van der Waals surface area (Å²) in [6, 6.07) is 7.53. The van der Waals surface area contributed by atoms with Gasteiger partial charge in [0.25, 0.3) is 10.2 Å². The minimum atomic E-state index is -3.56. The summed E-state index contributed by atoms with van der Waals surface area (Å²) >= 11 is 0. The molecule has 0 amide bonds. The van der Waals surface area contributed by atoms with Gasteiger partial charge in [0.2, 0.25) is 10.0 Å². The van der Waals surface area contributed by atoms with Crippen LogP contribution in [0.3, 0.4) is 0 Å². The number of hydrogen-bond donors (Lipinski definition) is 1. The Morgan fingerprint density at radius 3 is 2.05 bits per heavy atom. The number of sulfonamides is 1. The second kappa shape index (κ2) is 7.51. The third-order valence-corrected chi connectivity index (χ3v) is 5.85. The Hall–Kier alpha value is -1.00. The Morgan fingerprint density at radius 2 is 1.59 bits per heavy atom. The lowest BCUT2D eigenvalue weighted by molar-refractivity contribution is 0.409. The first-order valence-electron chi connectivity index (χ1n) is 6.70. The zero-order chi connectivity index (χ0) is 17.0. The Balaban J connectivity index is 2.73. The molecule has 9 heteroatoms. The van der Waals surface area contributed by atoms with Gasteiger partial charge in [-0.1, -0.05) is 29.8 Å². The van der Waals surface area contributed by atoms with Gasteiger partial charge in [0, 0.05) is 33.7 Å². The summed E-state index contributed by atoms with van der Waals surface area (Å²) in [6.07, 6.45) is 1.11. The number of rotatable bonds is 8. The Labute approximate surface area is 133 Å². The maximum Gasteiger partial charge on any atom is 0.278 e. The van der Waals surface area contributed by atoms with Crippen LogP contribution in [0.4, 0.5) is 0 Å². The lowest BCUT2D eigenvalue weighted by Crippen LogP contribution is -2.41. The summed E-state index contributed by atoms with van der Waals surface area (Å²) in [7, 11) is -4.17. The fourth-order valence-corrected chi connectivity index (χ4v) is 3.10. The van der Waals surface area contributed by atoms with E-state index in [1.54, 1.807) is 0 Å². The summed E-state index contributed by atoms with van der Waals surface area (Å²) in [4.78, 5) is 0. The molecule has 0 aliphatic carbocycles. The fraction of sp³-hybridized carbons (Fsp3) is 0.538. The summed E-state index contributed by atoms with van der Waals surface area (Å²) in [5.74, 6) is 0. The maximum atomic E-state index is 11.8. The first-order chi connectivity index (χ1) is 10.0. The molecular weight excluding hydrogens is 326 g/mol. The topological polar surface area (TPSA) is 86.8 Å². The van der Waals surface area contributed by atoms with E-state index < -0.39 is 20.2 Å². The Kier molecular flexibility index (Phi) is 6.50. The average Bonchev–Trinajstić information content (AvgIpc) is 2.38. The SMILES string of the molecule is Cc1ccc(CN(CCNS(=O)(=O)N(C)C)S(C)(=O)=O)cc1. The number of nitrogens with zero attached hydrogens (tertiary/aromatic N) is 2. The van der Waals surface area contributed by atoms with E-state index >= 15 is 0 Å². The number of nitrogens with one attached hydrogen (secondary N) is 1. The van der Waals surface area contributed by atoms with Crippen LogP contribution in [0.1, 0.15) is 11.1 Å². The molecule has 22 heavy (non-hydrogen) atoms. The van der Waals surface area contributed by atoms with E-state index in [4.69, 9.17) is 0 Å². The van der Waals surface area contributed by atoms with Crippen molar-refractivity contribution in [3.63, 3.8) is 0 Å². The lowest BCUT2D eigenvalue weighted by atomic mass is 10.1. The fourth-order valence-electron chi connectivity index (χ4n) is 1.69. The predicted octanol–water partition coefficient (Wildman–Crippen LogP) is 0.153. The molecule has 0 atom stereocenters. The molecule has 0 saturated heterocycles. The van der Waals surface area contributed by atoms with Gasteiger partial charge in [-0.3, -0.25) is 0 Å². The molecule has 0 bridgehead atoms. The molecule has 1 aromatic rings. The van der Waals surface area contributed by atoms with Crippen molar-refractivity contribution in [2.24, 2.45) is 0 Å². The Bertz CT molecular complexity index is 683. The average molecular weight is 349 g/mol. The molecule has 0 heterocycles. The van der Waals surface area contributed by atoms with Crippen LogP contribution in [0, 0.1) is 6.92 Å². The van der Waals surface area contributed by atoms with Crippen LogP contribution in [0.5, 0.6) is 0 Å². The van der Waals surface area contributed by atoms with Crippen molar-refractivity contribution in [2.75, 3.05) is 33.4 Å². The van der Waals surface area contributed by atoms with Crippen LogP contribution in [-0.4, -0.2) is 58.9 Å². The zero-order valence-electron chi connectivity index (χ0n) is 13.3. The lowest BCUT2D eigenvalue weighted by Gasteiger charge is -2.21. The largest absolute Gasteiger partial charge is 0.278 e. The quantitative estimate of drug-likeness (QED) is 0.724. The number of hydrogen-bond acceptors (Lipinski definition) is 4. The van der Waals surface area contributed by atoms with Crippen LogP contribution < -0.4 is 4.72 Å². The molecule has 7 nitrogen and oxygen atoms in total. The highest BCUT2D eigenvalue weighted by Gasteiger charge is 2.19. The third-order valence-electron chi connectivity index (χ3n) is 3.07. The van der Waals surface area contributed by atoms with E-state index in [0.717, 1.165) is 21.7 Å². The molecule has 0 aliphatic rings. The van der Waals surface area contributed by atoms with Crippen molar-refractivity contribution in [1.29, 1.82) is 0 Å². The molecule has 0 unspecified atom stereocenters. The standard InChI is InChI=1S/C13H23N3O4S2/c1-12-5-7-13(8-6-12)11-16(21(4,17)18)10-9-14-22(19,20)15(2)3/h5-8,14H,9-11H2,1-4H3. The van der Waals surface area contributed by atoms with Crippen molar-refractivity contribution in [3.05, 3.63) is 35.4 Å². The summed E-state index contributed by atoms with van der Waals surface area (Å²) in [6.45, 7) is 2.25. The Morgan fingerprint density at radius 1 is 1.05 bits per heavy atom. The van der Waals surface area contributed by atoms with Gasteiger partial charge in [-0.2, -0.15) is 17.0 Å². The molecule has 0 spiro atoms. The van der Waals surface area contributed by atoms with E-state index in [-0.39, 0.29) is 19.6 Å². The van der Waals surface area contributed by atoms with Crippen LogP contribution in [-0.2, 0) is 26.8 Å². The normalized spacial score (nSPS) is 13.0. The predicted molar refractivity (Wildman–Crippen MR) is 87.0 cm³/mol. The van der Waals surface area contributed by atoms with E-state index in [0.29, 0.717) is 0 Å². The zero-order valence-corrected chi connectivity index (χ0v) is 14.9. The monoisotopic (exact) mass is 349 g/mol. The molecule has 0 saturated carbocycles. The van der Waals surface area contributed by atoms with Crippen molar-refractivity contribution in [3.8, 4) is 0 Å². The highest BCUT2D eigenvalue weighted by atomic mass is 32.2. The molecule has 0 radical (unpaired) electrons. The van der Waals surface area contributed by atoms with Crippen molar-refractivity contribution in [2.45, 2.75) is 13.5 Å². The van der Waals surface area contributed by atoms with Gasteiger partial charge in [-0.25, -0.2) is 13.1 Å². The molecule has 1 rings (SSSR count). The van der Waals surface area contributed by atoms with Crippen LogP contribution >= 0.6 is 0 Å². The van der Waals surface area contributed by atoms with Gasteiger partial charge < -0.3 is 0 Å². The van der Waals surface area contributed by atoms with E-state index in [1.807, 2.05) is 31.2 Å². The van der Waals surface area contributed by atoms with E-state index in [1.165, 1.54) is 18.4 Å². The van der Waals surface area contributed by atoms with Crippen molar-refractivity contribution < 1.29 is 16.8 Å². The van der Waals surface area contributed by atoms with Gasteiger partial charge in [0.15, 0.2) is 0 Å². The summed E-state index contributed by atoms with van der Waals surface area (Å²) < 4.78 is 51.5. The molecule has 0 fully saturated rings. The molecule has 0 aromatic heterocycles. The number of benzene rings is 1. The third kappa shape index (κ3) is 6.01. The highest BCUT2D eigenvalue weighted by molar-refractivity contribution is 7.88. The van der Waals surface area contributed by atoms with Crippen LogP contribution in [0.15, 0.2) is 24.3 Å². The van der Waals surface area contributed by atoms with Gasteiger partial charge in [-0.05, 0) is 12.5 Å². The van der Waals surface area contributed by atoms with Crippen LogP contribution in [0.2, 0.25) is 0 Å². The van der Waals surface area contributed by atoms with Gasteiger partial charge in [0.1, 0.15) is 0 Å². The molecule has 0 aliphatic heterocycles. The van der Waals surface area contributed by atoms with E-state index in [9.17, 15) is 16.8 Å². The molecule has 126 valence electrons. The van der Waals surface area contributed by atoms with Crippen molar-refractivity contribution >= 4 is 20.2 Å². The smallest absolute Gasteiger partial charge is 0.212 e. The first kappa shape index (κ1) is 19.0. The second-order valence-electron chi connectivity index (χ2n) is 5.26. The maximum absolute atomic E-state index is 11.8. The van der Waals surface area contributed by atoms with E-state index in [2.05, 4.69) is 4.72 Å². The first-order valence-corrected chi connectivity index (χ1v) is 9.99. The second-order valence-corrected chi connectivity index (χ2v) is 9.22. The molecule has 1 N–H and O–H groups in total. The molecule has 1 aromatic carbocycles. The van der Waals surface area contributed by atoms with Gasteiger partial charge in [0.05, 0.1) is 6.26 Å². The van der Waals surface area contributed by atoms with Crippen molar-refractivity contribution in [1.82, 2.24) is 13.3 Å². The highest BCUT2D eigenvalue weighted by Crippen LogP contribution is 2.09. The summed E-state index contributed by atoms with van der Waals surface area (Å²) in [5, 5.41) is 0. The van der Waals surface area contributed by atoms with Gasteiger partial charge >= 0.3 is 0 Å². The molecular formula is C13H23N3O4S2. The summed E-state index contributed by atoms with van der Waals surface area (Å²) in [5.41, 5.74) is 1.94. The minimum absolute atomic E-state index is 0.0133. The van der Waals surface area contributed by atoms with Gasteiger partial charge in [-0.15, -0.1) is 0 Å².